The molecule has 1 heterocycles. The summed E-state index contributed by atoms with van der Waals surface area (Å²) in [6, 6.07) is 7.56. The van der Waals surface area contributed by atoms with E-state index in [0.717, 1.165) is 6.42 Å². The van der Waals surface area contributed by atoms with Crippen LogP contribution in [-0.2, 0) is 9.53 Å². The quantitative estimate of drug-likeness (QED) is 0.872. The van der Waals surface area contributed by atoms with Crippen molar-refractivity contribution < 1.29 is 19.0 Å². The maximum absolute atomic E-state index is 12.7. The third kappa shape index (κ3) is 3.13. The van der Waals surface area contributed by atoms with Crippen molar-refractivity contribution in [3.8, 4) is 17.6 Å². The molecule has 1 aromatic rings. The summed E-state index contributed by atoms with van der Waals surface area (Å²) in [6.45, 7) is 4.76. The number of allylic oxidation sites excluding steroid dienone is 3. The molecule has 0 radical (unpaired) electrons. The van der Waals surface area contributed by atoms with Gasteiger partial charge in [0.2, 0.25) is 5.88 Å². The second kappa shape index (κ2) is 7.52. The Hall–Kier alpha value is -2.94. The minimum Gasteiger partial charge on any atom is -0.494 e. The molecule has 2 N–H and O–H groups in total. The Morgan fingerprint density at radius 1 is 1.27 bits per heavy atom. The SMILES string of the molecule is CCOc1ccc(OCC)c(C2C(C#N)=C(N)OC3=C2C(=O)CCC3)c1. The molecule has 0 aromatic heterocycles. The first kappa shape index (κ1) is 17.9. The molecule has 6 nitrogen and oxygen atoms in total. The zero-order chi connectivity index (χ0) is 18.7. The van der Waals surface area contributed by atoms with Gasteiger partial charge in [-0.3, -0.25) is 4.79 Å². The third-order valence-electron chi connectivity index (χ3n) is 4.51. The van der Waals surface area contributed by atoms with Crippen molar-refractivity contribution in [1.82, 2.24) is 0 Å². The van der Waals surface area contributed by atoms with Gasteiger partial charge in [-0.15, -0.1) is 0 Å². The van der Waals surface area contributed by atoms with E-state index in [9.17, 15) is 10.1 Å². The van der Waals surface area contributed by atoms with Crippen LogP contribution in [0.1, 0.15) is 44.6 Å². The maximum Gasteiger partial charge on any atom is 0.205 e. The molecule has 136 valence electrons. The molecule has 1 aromatic carbocycles. The molecule has 1 aliphatic carbocycles. The van der Waals surface area contributed by atoms with E-state index in [2.05, 4.69) is 6.07 Å². The average Bonchev–Trinajstić information content (AvgIpc) is 2.62. The molecule has 3 rings (SSSR count). The molecule has 2 aliphatic rings. The molecule has 1 atom stereocenters. The molecular formula is C20H22N2O4. The van der Waals surface area contributed by atoms with Crippen LogP contribution in [0.3, 0.4) is 0 Å². The minimum atomic E-state index is -0.599. The van der Waals surface area contributed by atoms with Gasteiger partial charge in [-0.25, -0.2) is 0 Å². The fourth-order valence-electron chi connectivity index (χ4n) is 3.46. The van der Waals surface area contributed by atoms with Crippen LogP contribution in [0.2, 0.25) is 0 Å². The van der Waals surface area contributed by atoms with Crippen molar-refractivity contribution >= 4 is 5.78 Å². The summed E-state index contributed by atoms with van der Waals surface area (Å²) in [7, 11) is 0. The highest BCUT2D eigenvalue weighted by Gasteiger charge is 2.39. The molecule has 0 bridgehead atoms. The van der Waals surface area contributed by atoms with Crippen LogP contribution in [0.25, 0.3) is 0 Å². The largest absolute Gasteiger partial charge is 0.494 e. The topological polar surface area (TPSA) is 94.6 Å². The number of Topliss-reactive ketones (excluding diaryl/α,β-unsaturated/α-hetero) is 1. The van der Waals surface area contributed by atoms with Crippen LogP contribution in [0.4, 0.5) is 0 Å². The van der Waals surface area contributed by atoms with Gasteiger partial charge in [-0.1, -0.05) is 0 Å². The Labute approximate surface area is 152 Å². The van der Waals surface area contributed by atoms with Crippen LogP contribution in [0.15, 0.2) is 41.0 Å². The zero-order valence-corrected chi connectivity index (χ0v) is 15.0. The summed E-state index contributed by atoms with van der Waals surface area (Å²) in [5, 5.41) is 9.69. The Bertz CT molecular complexity index is 833. The number of hydrogen-bond acceptors (Lipinski definition) is 6. The molecule has 0 saturated heterocycles. The van der Waals surface area contributed by atoms with Gasteiger partial charge in [0.1, 0.15) is 28.9 Å². The number of hydrogen-bond donors (Lipinski definition) is 1. The lowest BCUT2D eigenvalue weighted by Crippen LogP contribution is -2.27. The normalized spacial score (nSPS) is 19.6. The maximum atomic E-state index is 12.7. The van der Waals surface area contributed by atoms with E-state index < -0.39 is 5.92 Å². The molecule has 0 spiro atoms. The van der Waals surface area contributed by atoms with E-state index in [1.54, 1.807) is 6.07 Å². The molecule has 0 saturated carbocycles. The smallest absolute Gasteiger partial charge is 0.205 e. The van der Waals surface area contributed by atoms with Gasteiger partial charge >= 0.3 is 0 Å². The first-order valence-electron chi connectivity index (χ1n) is 8.84. The number of nitriles is 1. The minimum absolute atomic E-state index is 0.0132. The van der Waals surface area contributed by atoms with Crippen molar-refractivity contribution in [1.29, 1.82) is 5.26 Å². The second-order valence-corrected chi connectivity index (χ2v) is 6.10. The van der Waals surface area contributed by atoms with Crippen molar-refractivity contribution in [3.05, 3.63) is 46.6 Å². The number of carbonyl (C=O) groups is 1. The molecule has 26 heavy (non-hydrogen) atoms. The van der Waals surface area contributed by atoms with Gasteiger partial charge in [-0.2, -0.15) is 5.26 Å². The Kier molecular flexibility index (Phi) is 5.17. The monoisotopic (exact) mass is 354 g/mol. The molecule has 1 unspecified atom stereocenters. The van der Waals surface area contributed by atoms with E-state index in [1.807, 2.05) is 26.0 Å². The number of rotatable bonds is 5. The zero-order valence-electron chi connectivity index (χ0n) is 15.0. The van der Waals surface area contributed by atoms with Gasteiger partial charge in [0.25, 0.3) is 0 Å². The first-order chi connectivity index (χ1) is 12.6. The van der Waals surface area contributed by atoms with Crippen molar-refractivity contribution in [2.75, 3.05) is 13.2 Å². The highest BCUT2D eigenvalue weighted by atomic mass is 16.5. The Morgan fingerprint density at radius 2 is 2.04 bits per heavy atom. The van der Waals surface area contributed by atoms with Gasteiger partial charge in [0, 0.05) is 24.0 Å². The summed E-state index contributed by atoms with van der Waals surface area (Å²) in [4.78, 5) is 12.7. The van der Waals surface area contributed by atoms with Gasteiger partial charge in [0.15, 0.2) is 5.78 Å². The van der Waals surface area contributed by atoms with Gasteiger partial charge in [-0.05, 0) is 38.5 Å². The van der Waals surface area contributed by atoms with Gasteiger partial charge < -0.3 is 19.9 Å². The number of carbonyl (C=O) groups excluding carboxylic acids is 1. The number of benzene rings is 1. The van der Waals surface area contributed by atoms with E-state index in [-0.39, 0.29) is 17.2 Å². The van der Waals surface area contributed by atoms with E-state index in [0.29, 0.717) is 54.5 Å². The summed E-state index contributed by atoms with van der Waals surface area (Å²) in [6.07, 6.45) is 1.79. The van der Waals surface area contributed by atoms with Crippen molar-refractivity contribution in [2.24, 2.45) is 5.73 Å². The number of ether oxygens (including phenoxy) is 3. The number of ketones is 1. The summed E-state index contributed by atoms with van der Waals surface area (Å²) >= 11 is 0. The van der Waals surface area contributed by atoms with E-state index in [1.165, 1.54) is 0 Å². The standard InChI is InChI=1S/C20H22N2O4/c1-3-24-12-8-9-16(25-4-2)13(10-12)18-14(11-21)20(22)26-17-7-5-6-15(23)19(17)18/h8-10,18H,3-7,22H2,1-2H3. The highest BCUT2D eigenvalue weighted by molar-refractivity contribution is 5.99. The molecule has 0 amide bonds. The second-order valence-electron chi connectivity index (χ2n) is 6.10. The summed E-state index contributed by atoms with van der Waals surface area (Å²) in [5.41, 5.74) is 7.45. The highest BCUT2D eigenvalue weighted by Crippen LogP contribution is 2.46. The van der Waals surface area contributed by atoms with Crippen LogP contribution in [-0.4, -0.2) is 19.0 Å². The van der Waals surface area contributed by atoms with E-state index in [4.69, 9.17) is 19.9 Å². The fraction of sp³-hybridized carbons (Fsp3) is 0.400. The molecule has 0 fully saturated rings. The lowest BCUT2D eigenvalue weighted by atomic mass is 9.77. The van der Waals surface area contributed by atoms with Crippen LogP contribution >= 0.6 is 0 Å². The predicted molar refractivity (Wildman–Crippen MR) is 95.3 cm³/mol. The first-order valence-corrected chi connectivity index (χ1v) is 8.84. The summed E-state index contributed by atoms with van der Waals surface area (Å²) < 4.78 is 17.0. The van der Waals surface area contributed by atoms with Gasteiger partial charge in [0.05, 0.1) is 19.1 Å². The predicted octanol–water partition coefficient (Wildman–Crippen LogP) is 3.30. The third-order valence-corrected chi connectivity index (χ3v) is 4.51. The Balaban J connectivity index is 2.21. The Morgan fingerprint density at radius 3 is 2.73 bits per heavy atom. The number of nitrogens with two attached hydrogens (primary N) is 1. The lowest BCUT2D eigenvalue weighted by molar-refractivity contribution is -0.116. The van der Waals surface area contributed by atoms with Crippen LogP contribution in [0.5, 0.6) is 11.5 Å². The van der Waals surface area contributed by atoms with Crippen LogP contribution < -0.4 is 15.2 Å². The lowest BCUT2D eigenvalue weighted by Gasteiger charge is -2.31. The molecule has 6 heteroatoms. The van der Waals surface area contributed by atoms with Crippen molar-refractivity contribution in [2.45, 2.75) is 39.0 Å². The van der Waals surface area contributed by atoms with Crippen LogP contribution in [0, 0.1) is 11.3 Å². The molecule has 1 aliphatic heterocycles. The van der Waals surface area contributed by atoms with E-state index >= 15 is 0 Å². The number of nitrogens with zero attached hydrogens (tertiary/aromatic N) is 1. The van der Waals surface area contributed by atoms with Crippen molar-refractivity contribution in [3.63, 3.8) is 0 Å². The average molecular weight is 354 g/mol. The fourth-order valence-corrected chi connectivity index (χ4v) is 3.46. The molecular weight excluding hydrogens is 332 g/mol. The summed E-state index contributed by atoms with van der Waals surface area (Å²) in [5.74, 6) is 1.26.